The molecule has 2 nitrogen and oxygen atoms in total. The van der Waals surface area contributed by atoms with Crippen LogP contribution in [-0.2, 0) is 4.79 Å². The highest BCUT2D eigenvalue weighted by molar-refractivity contribution is 9.10. The largest absolute Gasteiger partial charge is 0.326 e. The topological polar surface area (TPSA) is 29.1 Å². The molecule has 0 aliphatic heterocycles. The van der Waals surface area contributed by atoms with E-state index >= 15 is 0 Å². The van der Waals surface area contributed by atoms with Gasteiger partial charge in [0, 0.05) is 11.6 Å². The first-order chi connectivity index (χ1) is 7.40. The molecule has 0 saturated heterocycles. The van der Waals surface area contributed by atoms with Crippen LogP contribution in [0.2, 0.25) is 0 Å². The fourth-order valence-electron chi connectivity index (χ4n) is 1.72. The zero-order chi connectivity index (χ0) is 11.9. The second-order valence-electron chi connectivity index (χ2n) is 4.86. The van der Waals surface area contributed by atoms with Crippen LogP contribution in [0, 0.1) is 17.2 Å². The van der Waals surface area contributed by atoms with Crippen molar-refractivity contribution in [3.05, 3.63) is 28.5 Å². The fourth-order valence-corrected chi connectivity index (χ4v) is 2.10. The van der Waals surface area contributed by atoms with Crippen LogP contribution in [0.15, 0.2) is 22.7 Å². The molecule has 1 aromatic rings. The summed E-state index contributed by atoms with van der Waals surface area (Å²) in [5, 5.41) is 2.79. The number of amides is 1. The van der Waals surface area contributed by atoms with Crippen molar-refractivity contribution in [2.24, 2.45) is 11.3 Å². The Hall–Kier alpha value is -0.900. The van der Waals surface area contributed by atoms with Crippen LogP contribution in [0.5, 0.6) is 0 Å². The molecule has 1 aliphatic rings. The Bertz CT molecular complexity index is 445. The van der Waals surface area contributed by atoms with Crippen molar-refractivity contribution in [1.82, 2.24) is 0 Å². The Balaban J connectivity index is 2.05. The van der Waals surface area contributed by atoms with Gasteiger partial charge in [-0.15, -0.1) is 0 Å². The Morgan fingerprint density at radius 3 is 2.69 bits per heavy atom. The number of hydrogen-bond donors (Lipinski definition) is 1. The van der Waals surface area contributed by atoms with Gasteiger partial charge in [-0.1, -0.05) is 13.8 Å². The second kappa shape index (κ2) is 3.84. The Labute approximate surface area is 102 Å². The van der Waals surface area contributed by atoms with Gasteiger partial charge in [0.05, 0.1) is 4.47 Å². The molecular formula is C12H13BrFNO. The maximum atomic E-state index is 13.0. The fraction of sp³-hybridized carbons (Fsp3) is 0.417. The molecule has 1 atom stereocenters. The van der Waals surface area contributed by atoms with E-state index in [0.717, 1.165) is 6.42 Å². The molecule has 0 bridgehead atoms. The number of carbonyl (C=O) groups is 1. The number of halogens is 2. The van der Waals surface area contributed by atoms with Crippen molar-refractivity contribution >= 4 is 27.5 Å². The highest BCUT2D eigenvalue weighted by Crippen LogP contribution is 2.52. The van der Waals surface area contributed by atoms with E-state index in [1.165, 1.54) is 6.07 Å². The lowest BCUT2D eigenvalue weighted by Crippen LogP contribution is -2.16. The second-order valence-corrected chi connectivity index (χ2v) is 5.72. The number of benzene rings is 1. The summed E-state index contributed by atoms with van der Waals surface area (Å²) in [7, 11) is 0. The van der Waals surface area contributed by atoms with Crippen molar-refractivity contribution < 1.29 is 9.18 Å². The van der Waals surface area contributed by atoms with Crippen LogP contribution >= 0.6 is 15.9 Å². The van der Waals surface area contributed by atoms with E-state index in [2.05, 4.69) is 35.1 Å². The monoisotopic (exact) mass is 285 g/mol. The number of anilines is 1. The minimum absolute atomic E-state index is 0.0171. The zero-order valence-corrected chi connectivity index (χ0v) is 10.8. The Morgan fingerprint density at radius 1 is 1.56 bits per heavy atom. The van der Waals surface area contributed by atoms with E-state index < -0.39 is 0 Å². The molecule has 1 aromatic carbocycles. The maximum Gasteiger partial charge on any atom is 0.228 e. The Morgan fingerprint density at radius 2 is 2.19 bits per heavy atom. The first kappa shape index (κ1) is 11.6. The van der Waals surface area contributed by atoms with Gasteiger partial charge in [-0.2, -0.15) is 0 Å². The lowest BCUT2D eigenvalue weighted by Gasteiger charge is -2.07. The van der Waals surface area contributed by atoms with Gasteiger partial charge >= 0.3 is 0 Å². The molecule has 0 heterocycles. The quantitative estimate of drug-likeness (QED) is 0.884. The van der Waals surface area contributed by atoms with Crippen molar-refractivity contribution in [1.29, 1.82) is 0 Å². The molecule has 4 heteroatoms. The summed E-state index contributed by atoms with van der Waals surface area (Å²) in [5.74, 6) is -0.232. The standard InChI is InChI=1S/C12H13BrFNO/c1-12(2)6-8(12)11(16)15-7-3-4-10(14)9(13)5-7/h3-5,8H,6H2,1-2H3,(H,15,16). The van der Waals surface area contributed by atoms with Gasteiger partial charge < -0.3 is 5.32 Å². The molecule has 1 N–H and O–H groups in total. The third kappa shape index (κ3) is 2.26. The molecule has 2 rings (SSSR count). The molecule has 1 fully saturated rings. The Kier molecular flexibility index (Phi) is 2.78. The zero-order valence-electron chi connectivity index (χ0n) is 9.18. The van der Waals surface area contributed by atoms with E-state index in [9.17, 15) is 9.18 Å². The summed E-state index contributed by atoms with van der Waals surface area (Å²) >= 11 is 3.08. The van der Waals surface area contributed by atoms with Crippen LogP contribution in [0.4, 0.5) is 10.1 Å². The van der Waals surface area contributed by atoms with Crippen molar-refractivity contribution in [3.8, 4) is 0 Å². The van der Waals surface area contributed by atoms with Gasteiger partial charge in [0.15, 0.2) is 0 Å². The summed E-state index contributed by atoms with van der Waals surface area (Å²) in [5.41, 5.74) is 0.738. The van der Waals surface area contributed by atoms with E-state index in [1.54, 1.807) is 12.1 Å². The van der Waals surface area contributed by atoms with Crippen molar-refractivity contribution in [3.63, 3.8) is 0 Å². The average molecular weight is 286 g/mol. The molecule has 0 aromatic heterocycles. The van der Waals surface area contributed by atoms with E-state index in [0.29, 0.717) is 10.2 Å². The number of nitrogens with one attached hydrogen (secondary N) is 1. The van der Waals surface area contributed by atoms with Crippen LogP contribution < -0.4 is 5.32 Å². The van der Waals surface area contributed by atoms with Gasteiger partial charge in [0.1, 0.15) is 5.82 Å². The normalized spacial score (nSPS) is 21.6. The van der Waals surface area contributed by atoms with Crippen LogP contribution in [0.25, 0.3) is 0 Å². The smallest absolute Gasteiger partial charge is 0.228 e. The summed E-state index contributed by atoms with van der Waals surface area (Å²) < 4.78 is 13.3. The molecule has 1 aliphatic carbocycles. The number of rotatable bonds is 2. The lowest BCUT2D eigenvalue weighted by atomic mass is 10.1. The molecule has 86 valence electrons. The third-order valence-corrected chi connectivity index (χ3v) is 3.62. The van der Waals surface area contributed by atoms with Gasteiger partial charge in [-0.3, -0.25) is 4.79 Å². The third-order valence-electron chi connectivity index (χ3n) is 3.02. The SMILES string of the molecule is CC1(C)CC1C(=O)Nc1ccc(F)c(Br)c1. The summed E-state index contributed by atoms with van der Waals surface area (Å²) in [6, 6.07) is 4.47. The van der Waals surface area contributed by atoms with Crippen molar-refractivity contribution in [2.45, 2.75) is 20.3 Å². The molecule has 1 unspecified atom stereocenters. The molecule has 16 heavy (non-hydrogen) atoms. The molecule has 1 saturated carbocycles. The summed E-state index contributed by atoms with van der Waals surface area (Å²) in [4.78, 5) is 11.8. The average Bonchev–Trinajstić information content (AvgIpc) is 2.82. The first-order valence-electron chi connectivity index (χ1n) is 5.16. The molecule has 0 radical (unpaired) electrons. The van der Waals surface area contributed by atoms with Gasteiger partial charge in [-0.05, 0) is 46.0 Å². The predicted molar refractivity (Wildman–Crippen MR) is 64.6 cm³/mol. The van der Waals surface area contributed by atoms with Gasteiger partial charge in [0.2, 0.25) is 5.91 Å². The van der Waals surface area contributed by atoms with Gasteiger partial charge in [0.25, 0.3) is 0 Å². The maximum absolute atomic E-state index is 13.0. The summed E-state index contributed by atoms with van der Waals surface area (Å²) in [6.07, 6.45) is 0.918. The first-order valence-corrected chi connectivity index (χ1v) is 5.95. The van der Waals surface area contributed by atoms with E-state index in [1.807, 2.05) is 0 Å². The number of hydrogen-bond acceptors (Lipinski definition) is 1. The van der Waals surface area contributed by atoms with Crippen molar-refractivity contribution in [2.75, 3.05) is 5.32 Å². The molecule has 0 spiro atoms. The van der Waals surface area contributed by atoms with E-state index in [-0.39, 0.29) is 23.1 Å². The van der Waals surface area contributed by atoms with Crippen LogP contribution in [0.3, 0.4) is 0 Å². The molecule has 1 amide bonds. The summed E-state index contributed by atoms with van der Waals surface area (Å²) in [6.45, 7) is 4.13. The highest BCUT2D eigenvalue weighted by atomic mass is 79.9. The van der Waals surface area contributed by atoms with Crippen LogP contribution in [-0.4, -0.2) is 5.91 Å². The van der Waals surface area contributed by atoms with E-state index in [4.69, 9.17) is 0 Å². The lowest BCUT2D eigenvalue weighted by molar-refractivity contribution is -0.118. The predicted octanol–water partition coefficient (Wildman–Crippen LogP) is 3.57. The van der Waals surface area contributed by atoms with Gasteiger partial charge in [-0.25, -0.2) is 4.39 Å². The number of carbonyl (C=O) groups excluding carboxylic acids is 1. The highest BCUT2D eigenvalue weighted by Gasteiger charge is 2.50. The minimum atomic E-state index is -0.329. The molecular weight excluding hydrogens is 273 g/mol. The van der Waals surface area contributed by atoms with Crippen LogP contribution in [0.1, 0.15) is 20.3 Å². The minimum Gasteiger partial charge on any atom is -0.326 e.